The highest BCUT2D eigenvalue weighted by Gasteiger charge is 2.18. The molecule has 0 radical (unpaired) electrons. The largest absolute Gasteiger partial charge is 0.493 e. The normalized spacial score (nSPS) is 9.42. The minimum atomic E-state index is -0.486. The standard InChI is InChI=1S/C13H16N2O4/c1-3-4-5-6-19-13-8-11(15(16)17)10(9-14)7-12(13)18-2/h7-8H,5-6,9,14H2,1-2H3. The molecule has 102 valence electrons. The molecule has 0 unspecified atom stereocenters. The molecule has 0 aliphatic rings. The first-order chi connectivity index (χ1) is 9.13. The molecule has 1 aromatic carbocycles. The van der Waals surface area contributed by atoms with Crippen LogP contribution in [0.25, 0.3) is 0 Å². The van der Waals surface area contributed by atoms with Crippen LogP contribution < -0.4 is 15.2 Å². The van der Waals surface area contributed by atoms with Gasteiger partial charge in [-0.25, -0.2) is 0 Å². The second-order valence-corrected chi connectivity index (χ2v) is 3.62. The average molecular weight is 264 g/mol. The Labute approximate surface area is 111 Å². The van der Waals surface area contributed by atoms with Crippen molar-refractivity contribution in [3.05, 3.63) is 27.8 Å². The second-order valence-electron chi connectivity index (χ2n) is 3.62. The molecule has 1 aromatic rings. The molecule has 0 fully saturated rings. The Hall–Kier alpha value is -2.26. The van der Waals surface area contributed by atoms with Crippen LogP contribution in [0.1, 0.15) is 18.9 Å². The van der Waals surface area contributed by atoms with Crippen molar-refractivity contribution in [1.29, 1.82) is 0 Å². The summed E-state index contributed by atoms with van der Waals surface area (Å²) in [5.41, 5.74) is 5.82. The van der Waals surface area contributed by atoms with Gasteiger partial charge in [0, 0.05) is 18.5 Å². The monoisotopic (exact) mass is 264 g/mol. The second kappa shape index (κ2) is 7.24. The average Bonchev–Trinajstić information content (AvgIpc) is 2.42. The molecule has 19 heavy (non-hydrogen) atoms. The molecule has 0 saturated carbocycles. The van der Waals surface area contributed by atoms with Crippen molar-refractivity contribution >= 4 is 5.69 Å². The van der Waals surface area contributed by atoms with E-state index in [-0.39, 0.29) is 12.2 Å². The predicted molar refractivity (Wildman–Crippen MR) is 71.1 cm³/mol. The molecule has 0 bridgehead atoms. The molecule has 0 spiro atoms. The smallest absolute Gasteiger partial charge is 0.277 e. The first-order valence-electron chi connectivity index (χ1n) is 5.71. The van der Waals surface area contributed by atoms with E-state index >= 15 is 0 Å². The fourth-order valence-electron chi connectivity index (χ4n) is 1.53. The van der Waals surface area contributed by atoms with Gasteiger partial charge in [-0.05, 0) is 13.0 Å². The Kier molecular flexibility index (Phi) is 5.64. The van der Waals surface area contributed by atoms with E-state index in [0.717, 1.165) is 0 Å². The quantitative estimate of drug-likeness (QED) is 0.366. The van der Waals surface area contributed by atoms with Crippen molar-refractivity contribution < 1.29 is 14.4 Å². The number of nitro benzene ring substituents is 1. The van der Waals surface area contributed by atoms with Crippen molar-refractivity contribution in [2.24, 2.45) is 5.73 Å². The van der Waals surface area contributed by atoms with Crippen LogP contribution in [-0.2, 0) is 6.54 Å². The van der Waals surface area contributed by atoms with E-state index in [1.165, 1.54) is 19.2 Å². The summed E-state index contributed by atoms with van der Waals surface area (Å²) in [6.45, 7) is 2.14. The third-order valence-electron chi connectivity index (χ3n) is 2.44. The molecule has 0 aliphatic heterocycles. The number of ether oxygens (including phenoxy) is 2. The van der Waals surface area contributed by atoms with Crippen LogP contribution in [0.15, 0.2) is 12.1 Å². The molecular weight excluding hydrogens is 248 g/mol. The van der Waals surface area contributed by atoms with Gasteiger partial charge in [0.15, 0.2) is 11.5 Å². The maximum Gasteiger partial charge on any atom is 0.277 e. The number of hydrogen-bond acceptors (Lipinski definition) is 5. The van der Waals surface area contributed by atoms with E-state index in [1.54, 1.807) is 6.92 Å². The molecule has 0 heterocycles. The topological polar surface area (TPSA) is 87.6 Å². The first kappa shape index (κ1) is 14.8. The van der Waals surface area contributed by atoms with Gasteiger partial charge in [0.25, 0.3) is 5.69 Å². The maximum absolute atomic E-state index is 10.9. The zero-order valence-electron chi connectivity index (χ0n) is 10.9. The van der Waals surface area contributed by atoms with Crippen molar-refractivity contribution in [1.82, 2.24) is 0 Å². The van der Waals surface area contributed by atoms with Gasteiger partial charge in [0.2, 0.25) is 0 Å². The Balaban J connectivity index is 3.02. The van der Waals surface area contributed by atoms with Crippen LogP contribution >= 0.6 is 0 Å². The van der Waals surface area contributed by atoms with Gasteiger partial charge in [-0.2, -0.15) is 0 Å². The fraction of sp³-hybridized carbons (Fsp3) is 0.385. The predicted octanol–water partition coefficient (Wildman–Crippen LogP) is 1.85. The van der Waals surface area contributed by atoms with Gasteiger partial charge < -0.3 is 15.2 Å². The lowest BCUT2D eigenvalue weighted by Gasteiger charge is -2.11. The molecule has 1 rings (SSSR count). The first-order valence-corrected chi connectivity index (χ1v) is 5.71. The molecule has 6 heteroatoms. The molecule has 2 N–H and O–H groups in total. The molecular formula is C13H16N2O4. The van der Waals surface area contributed by atoms with Gasteiger partial charge >= 0.3 is 0 Å². The van der Waals surface area contributed by atoms with Gasteiger partial charge in [0.1, 0.15) is 0 Å². The highest BCUT2D eigenvalue weighted by molar-refractivity contribution is 5.54. The summed E-state index contributed by atoms with van der Waals surface area (Å²) >= 11 is 0. The lowest BCUT2D eigenvalue weighted by atomic mass is 10.1. The number of nitrogens with zero attached hydrogens (tertiary/aromatic N) is 1. The lowest BCUT2D eigenvalue weighted by Crippen LogP contribution is -2.05. The number of benzene rings is 1. The van der Waals surface area contributed by atoms with Crippen LogP contribution in [0.2, 0.25) is 0 Å². The van der Waals surface area contributed by atoms with Gasteiger partial charge in [-0.3, -0.25) is 10.1 Å². The van der Waals surface area contributed by atoms with E-state index in [2.05, 4.69) is 11.8 Å². The van der Waals surface area contributed by atoms with Gasteiger partial charge in [0.05, 0.1) is 24.7 Å². The summed E-state index contributed by atoms with van der Waals surface area (Å²) in [6, 6.07) is 2.86. The van der Waals surface area contributed by atoms with E-state index in [1.807, 2.05) is 0 Å². The van der Waals surface area contributed by atoms with E-state index in [0.29, 0.717) is 30.1 Å². The zero-order chi connectivity index (χ0) is 14.3. The summed E-state index contributed by atoms with van der Waals surface area (Å²) in [5.74, 6) is 6.34. The highest BCUT2D eigenvalue weighted by atomic mass is 16.6. The van der Waals surface area contributed by atoms with Crippen molar-refractivity contribution in [2.75, 3.05) is 13.7 Å². The lowest BCUT2D eigenvalue weighted by molar-refractivity contribution is -0.385. The van der Waals surface area contributed by atoms with E-state index in [4.69, 9.17) is 15.2 Å². The minimum absolute atomic E-state index is 0.0638. The molecule has 6 nitrogen and oxygen atoms in total. The minimum Gasteiger partial charge on any atom is -0.493 e. The molecule has 0 atom stereocenters. The van der Waals surface area contributed by atoms with Crippen molar-refractivity contribution in [3.63, 3.8) is 0 Å². The van der Waals surface area contributed by atoms with Crippen molar-refractivity contribution in [2.45, 2.75) is 19.9 Å². The van der Waals surface area contributed by atoms with Crippen molar-refractivity contribution in [3.8, 4) is 23.3 Å². The summed E-state index contributed by atoms with van der Waals surface area (Å²) in [7, 11) is 1.47. The number of methoxy groups -OCH3 is 1. The van der Waals surface area contributed by atoms with Crippen LogP contribution in [0, 0.1) is 22.0 Å². The molecule has 0 amide bonds. The highest BCUT2D eigenvalue weighted by Crippen LogP contribution is 2.34. The zero-order valence-corrected chi connectivity index (χ0v) is 10.9. The maximum atomic E-state index is 10.9. The number of nitrogens with two attached hydrogens (primary N) is 1. The van der Waals surface area contributed by atoms with E-state index < -0.39 is 4.92 Å². The summed E-state index contributed by atoms with van der Waals surface area (Å²) in [6.07, 6.45) is 0.548. The van der Waals surface area contributed by atoms with Crippen LogP contribution in [-0.4, -0.2) is 18.6 Å². The number of rotatable bonds is 6. The number of nitro groups is 1. The SMILES string of the molecule is CC#CCCOc1cc([N+](=O)[O-])c(CN)cc1OC. The summed E-state index contributed by atoms with van der Waals surface area (Å²) < 4.78 is 10.6. The Morgan fingerprint density at radius 3 is 2.68 bits per heavy atom. The molecule has 0 saturated heterocycles. The van der Waals surface area contributed by atoms with Gasteiger partial charge in [-0.15, -0.1) is 11.8 Å². The van der Waals surface area contributed by atoms with Gasteiger partial charge in [-0.1, -0.05) is 0 Å². The molecule has 0 aromatic heterocycles. The summed E-state index contributed by atoms with van der Waals surface area (Å²) in [4.78, 5) is 10.5. The van der Waals surface area contributed by atoms with E-state index in [9.17, 15) is 10.1 Å². The third-order valence-corrected chi connectivity index (χ3v) is 2.44. The van der Waals surface area contributed by atoms with Crippen LogP contribution in [0.3, 0.4) is 0 Å². The Bertz CT molecular complexity index is 517. The summed E-state index contributed by atoms with van der Waals surface area (Å²) in [5, 5.41) is 10.9. The van der Waals surface area contributed by atoms with Crippen LogP contribution in [0.5, 0.6) is 11.5 Å². The third kappa shape index (κ3) is 3.86. The Morgan fingerprint density at radius 2 is 2.16 bits per heavy atom. The van der Waals surface area contributed by atoms with Crippen LogP contribution in [0.4, 0.5) is 5.69 Å². The Morgan fingerprint density at radius 1 is 1.42 bits per heavy atom. The fourth-order valence-corrected chi connectivity index (χ4v) is 1.53. The number of hydrogen-bond donors (Lipinski definition) is 1. The molecule has 0 aliphatic carbocycles.